The van der Waals surface area contributed by atoms with Crippen LogP contribution in [0.15, 0.2) is 83.8 Å². The van der Waals surface area contributed by atoms with Crippen molar-refractivity contribution in [1.29, 1.82) is 0 Å². The monoisotopic (exact) mass is 582 g/mol. The standard InChI is InChI=1S/C29H31FN4O6S/c1-21(29(36)31-23-11-6-7-12-23)32(19-22-10-5-8-17-27(22)30)28(35)20-33(24-13-9-14-25(18-24)34(37)38)41(39,40)26-15-3-2-4-16-26/h2-5,8-10,13-18,21,23H,6-7,11-12,19-20H2,1H3,(H,31,36)/t21-/m1/s1. The Balaban J connectivity index is 1.72. The first-order valence-corrected chi connectivity index (χ1v) is 14.7. The molecule has 0 unspecified atom stereocenters. The highest BCUT2D eigenvalue weighted by molar-refractivity contribution is 7.92. The van der Waals surface area contributed by atoms with Crippen LogP contribution in [-0.4, -0.2) is 48.7 Å². The number of nitrogens with zero attached hydrogens (tertiary/aromatic N) is 3. The number of carbonyl (C=O) groups is 2. The van der Waals surface area contributed by atoms with Crippen molar-refractivity contribution in [1.82, 2.24) is 10.2 Å². The van der Waals surface area contributed by atoms with E-state index in [1.807, 2.05) is 0 Å². The van der Waals surface area contributed by atoms with E-state index in [-0.39, 0.29) is 34.4 Å². The Morgan fingerprint density at radius 3 is 2.34 bits per heavy atom. The molecule has 1 atom stereocenters. The lowest BCUT2D eigenvalue weighted by atomic mass is 10.1. The van der Waals surface area contributed by atoms with Crippen LogP contribution < -0.4 is 9.62 Å². The molecule has 4 rings (SSSR count). The maximum absolute atomic E-state index is 14.7. The summed E-state index contributed by atoms with van der Waals surface area (Å²) in [6, 6.07) is 17.0. The van der Waals surface area contributed by atoms with Crippen molar-refractivity contribution >= 4 is 33.2 Å². The summed E-state index contributed by atoms with van der Waals surface area (Å²) in [5, 5.41) is 14.4. The zero-order valence-electron chi connectivity index (χ0n) is 22.5. The Morgan fingerprint density at radius 2 is 1.68 bits per heavy atom. The van der Waals surface area contributed by atoms with E-state index in [4.69, 9.17) is 0 Å². The van der Waals surface area contributed by atoms with Crippen molar-refractivity contribution in [2.75, 3.05) is 10.8 Å². The minimum absolute atomic E-state index is 0.0322. The highest BCUT2D eigenvalue weighted by atomic mass is 32.2. The molecule has 1 saturated carbocycles. The number of non-ortho nitro benzene ring substituents is 1. The normalized spacial score (nSPS) is 14.3. The van der Waals surface area contributed by atoms with Gasteiger partial charge in [-0.2, -0.15) is 0 Å². The number of carbonyl (C=O) groups excluding carboxylic acids is 2. The molecule has 0 radical (unpaired) electrons. The van der Waals surface area contributed by atoms with Gasteiger partial charge in [-0.15, -0.1) is 0 Å². The molecule has 41 heavy (non-hydrogen) atoms. The Labute approximate surface area is 238 Å². The number of nitro groups is 1. The van der Waals surface area contributed by atoms with Gasteiger partial charge in [-0.1, -0.05) is 55.3 Å². The molecule has 1 fully saturated rings. The molecular weight excluding hydrogens is 551 g/mol. The highest BCUT2D eigenvalue weighted by Crippen LogP contribution is 2.28. The lowest BCUT2D eigenvalue weighted by Gasteiger charge is -2.32. The SMILES string of the molecule is C[C@H](C(=O)NC1CCCC1)N(Cc1ccccc1F)C(=O)CN(c1cccc([N+](=O)[O-])c1)S(=O)(=O)c1ccccc1. The van der Waals surface area contributed by atoms with Gasteiger partial charge in [0.15, 0.2) is 0 Å². The highest BCUT2D eigenvalue weighted by Gasteiger charge is 2.34. The molecular formula is C29H31FN4O6S. The summed E-state index contributed by atoms with van der Waals surface area (Å²) in [4.78, 5) is 38.9. The first-order chi connectivity index (χ1) is 19.6. The topological polar surface area (TPSA) is 130 Å². The van der Waals surface area contributed by atoms with Gasteiger partial charge in [-0.3, -0.25) is 24.0 Å². The van der Waals surface area contributed by atoms with Gasteiger partial charge in [0.25, 0.3) is 15.7 Å². The van der Waals surface area contributed by atoms with Gasteiger partial charge >= 0.3 is 0 Å². The van der Waals surface area contributed by atoms with Gasteiger partial charge in [0.05, 0.1) is 15.5 Å². The average Bonchev–Trinajstić information content (AvgIpc) is 3.48. The van der Waals surface area contributed by atoms with E-state index in [0.717, 1.165) is 41.0 Å². The quantitative estimate of drug-likeness (QED) is 0.263. The van der Waals surface area contributed by atoms with Gasteiger partial charge < -0.3 is 10.2 Å². The van der Waals surface area contributed by atoms with Crippen LogP contribution in [0, 0.1) is 15.9 Å². The molecule has 2 amide bonds. The summed E-state index contributed by atoms with van der Waals surface area (Å²) in [6.45, 7) is 0.430. The fraction of sp³-hybridized carbons (Fsp3) is 0.310. The number of nitro benzene ring substituents is 1. The number of anilines is 1. The molecule has 12 heteroatoms. The molecule has 0 aromatic heterocycles. The lowest BCUT2D eigenvalue weighted by molar-refractivity contribution is -0.384. The van der Waals surface area contributed by atoms with Crippen molar-refractivity contribution in [3.63, 3.8) is 0 Å². The summed E-state index contributed by atoms with van der Waals surface area (Å²) in [7, 11) is -4.38. The first kappa shape index (κ1) is 29.7. The molecule has 0 aliphatic heterocycles. The Morgan fingerprint density at radius 1 is 1.02 bits per heavy atom. The third-order valence-electron chi connectivity index (χ3n) is 7.11. The molecule has 10 nitrogen and oxygen atoms in total. The molecule has 0 saturated heterocycles. The van der Waals surface area contributed by atoms with E-state index in [0.29, 0.717) is 0 Å². The van der Waals surface area contributed by atoms with E-state index in [1.165, 1.54) is 67.6 Å². The summed E-state index contributed by atoms with van der Waals surface area (Å²) in [5.41, 5.74) is -0.324. The first-order valence-electron chi connectivity index (χ1n) is 13.2. The molecule has 3 aromatic carbocycles. The Hall–Kier alpha value is -4.32. The number of rotatable bonds is 11. The van der Waals surface area contributed by atoms with Crippen LogP contribution in [0.4, 0.5) is 15.8 Å². The Kier molecular flexibility index (Phi) is 9.33. The van der Waals surface area contributed by atoms with Gasteiger partial charge in [-0.25, -0.2) is 12.8 Å². The van der Waals surface area contributed by atoms with E-state index in [1.54, 1.807) is 12.1 Å². The van der Waals surface area contributed by atoms with E-state index < -0.39 is 45.2 Å². The lowest BCUT2D eigenvalue weighted by Crippen LogP contribution is -2.52. The summed E-state index contributed by atoms with van der Waals surface area (Å²) in [6.07, 6.45) is 3.59. The van der Waals surface area contributed by atoms with Crippen LogP contribution >= 0.6 is 0 Å². The van der Waals surface area contributed by atoms with Gasteiger partial charge in [0.1, 0.15) is 18.4 Å². The zero-order valence-corrected chi connectivity index (χ0v) is 23.3. The smallest absolute Gasteiger partial charge is 0.271 e. The zero-order chi connectivity index (χ0) is 29.6. The van der Waals surface area contributed by atoms with Crippen LogP contribution in [-0.2, 0) is 26.2 Å². The van der Waals surface area contributed by atoms with Crippen molar-refractivity contribution in [3.05, 3.63) is 100 Å². The fourth-order valence-corrected chi connectivity index (χ4v) is 6.22. The van der Waals surface area contributed by atoms with Gasteiger partial charge in [0, 0.05) is 30.3 Å². The third kappa shape index (κ3) is 7.07. The van der Waals surface area contributed by atoms with Crippen LogP contribution in [0.1, 0.15) is 38.2 Å². The molecule has 1 aliphatic rings. The molecule has 1 aliphatic carbocycles. The second kappa shape index (κ2) is 12.9. The fourth-order valence-electron chi connectivity index (χ4n) is 4.79. The Bertz CT molecular complexity index is 1510. The van der Waals surface area contributed by atoms with E-state index >= 15 is 0 Å². The van der Waals surface area contributed by atoms with Crippen LogP contribution in [0.5, 0.6) is 0 Å². The summed E-state index contributed by atoms with van der Waals surface area (Å²) >= 11 is 0. The summed E-state index contributed by atoms with van der Waals surface area (Å²) < 4.78 is 43.0. The van der Waals surface area contributed by atoms with Gasteiger partial charge in [-0.05, 0) is 44.0 Å². The number of amides is 2. The van der Waals surface area contributed by atoms with Crippen molar-refractivity contribution < 1.29 is 27.3 Å². The van der Waals surface area contributed by atoms with Gasteiger partial charge in [0.2, 0.25) is 11.8 Å². The number of benzene rings is 3. The predicted octanol–water partition coefficient (Wildman–Crippen LogP) is 4.41. The largest absolute Gasteiger partial charge is 0.352 e. The van der Waals surface area contributed by atoms with Crippen LogP contribution in [0.2, 0.25) is 0 Å². The molecule has 0 spiro atoms. The van der Waals surface area contributed by atoms with E-state index in [9.17, 15) is 32.5 Å². The van der Waals surface area contributed by atoms with Crippen molar-refractivity contribution in [3.8, 4) is 0 Å². The number of sulfonamides is 1. The number of nitrogens with one attached hydrogen (secondary N) is 1. The van der Waals surface area contributed by atoms with E-state index in [2.05, 4.69) is 5.32 Å². The van der Waals surface area contributed by atoms with Crippen molar-refractivity contribution in [2.45, 2.75) is 56.1 Å². The molecule has 1 N–H and O–H groups in total. The molecule has 216 valence electrons. The predicted molar refractivity (Wildman–Crippen MR) is 151 cm³/mol. The maximum Gasteiger partial charge on any atom is 0.271 e. The van der Waals surface area contributed by atoms with Crippen LogP contribution in [0.3, 0.4) is 0 Å². The van der Waals surface area contributed by atoms with Crippen molar-refractivity contribution in [2.24, 2.45) is 0 Å². The minimum atomic E-state index is -4.38. The number of hydrogen-bond donors (Lipinski definition) is 1. The van der Waals surface area contributed by atoms with Crippen LogP contribution in [0.25, 0.3) is 0 Å². The third-order valence-corrected chi connectivity index (χ3v) is 8.89. The second-order valence-electron chi connectivity index (χ2n) is 9.88. The molecule has 0 bridgehead atoms. The number of hydrogen-bond acceptors (Lipinski definition) is 6. The minimum Gasteiger partial charge on any atom is -0.352 e. The number of halogens is 1. The average molecular weight is 583 g/mol. The second-order valence-corrected chi connectivity index (χ2v) is 11.7. The molecule has 3 aromatic rings. The maximum atomic E-state index is 14.7. The summed E-state index contributed by atoms with van der Waals surface area (Å²) in [5.74, 6) is -1.80. The molecule has 0 heterocycles.